The van der Waals surface area contributed by atoms with Crippen LogP contribution in [0.15, 0.2) is 24.3 Å². The van der Waals surface area contributed by atoms with Gasteiger partial charge in [0.2, 0.25) is 5.91 Å². The van der Waals surface area contributed by atoms with Gasteiger partial charge in [-0.2, -0.15) is 0 Å². The van der Waals surface area contributed by atoms with E-state index in [4.69, 9.17) is 5.11 Å². The first-order valence-electron chi connectivity index (χ1n) is 7.39. The van der Waals surface area contributed by atoms with Gasteiger partial charge in [-0.05, 0) is 43.5 Å². The Balaban J connectivity index is 2.09. The van der Waals surface area contributed by atoms with Crippen molar-refractivity contribution in [2.24, 2.45) is 5.41 Å². The highest BCUT2D eigenvalue weighted by Gasteiger charge is 2.37. The fraction of sp³-hybridized carbons (Fsp3) is 0.500. The number of hydrogen-bond donors (Lipinski definition) is 3. The molecule has 1 aromatic rings. The lowest BCUT2D eigenvalue weighted by Gasteiger charge is -2.35. The van der Waals surface area contributed by atoms with Crippen molar-refractivity contribution in [1.82, 2.24) is 5.32 Å². The van der Waals surface area contributed by atoms with Gasteiger partial charge in [-0.25, -0.2) is 0 Å². The van der Waals surface area contributed by atoms with Gasteiger partial charge in [0.25, 0.3) is 0 Å². The van der Waals surface area contributed by atoms with Crippen molar-refractivity contribution in [2.45, 2.75) is 32.6 Å². The van der Waals surface area contributed by atoms with Crippen molar-refractivity contribution in [2.75, 3.05) is 18.4 Å². The van der Waals surface area contributed by atoms with Crippen LogP contribution in [0.3, 0.4) is 0 Å². The summed E-state index contributed by atoms with van der Waals surface area (Å²) in [6, 6.07) is 7.04. The van der Waals surface area contributed by atoms with E-state index in [2.05, 4.69) is 10.6 Å². The van der Waals surface area contributed by atoms with E-state index >= 15 is 0 Å². The standard InChI is InChI=1S/C16H22N2O3/c1-2-16(7-4-8-17-11-16)15(21)18-13-6-3-5-12(9-13)10-14(19)20/h3,5-6,9,17H,2,4,7-8,10-11H2,1H3,(H,18,21)(H,19,20). The maximum Gasteiger partial charge on any atom is 0.307 e. The monoisotopic (exact) mass is 290 g/mol. The predicted octanol–water partition coefficient (Wildman–Crippen LogP) is 2.03. The van der Waals surface area contributed by atoms with Crippen LogP contribution >= 0.6 is 0 Å². The molecule has 0 bridgehead atoms. The third-order valence-corrected chi connectivity index (χ3v) is 4.17. The average Bonchev–Trinajstić information content (AvgIpc) is 2.47. The molecule has 1 saturated heterocycles. The number of carboxylic acids is 1. The zero-order valence-electron chi connectivity index (χ0n) is 12.3. The zero-order valence-corrected chi connectivity index (χ0v) is 12.3. The molecule has 1 amide bonds. The molecule has 1 atom stereocenters. The summed E-state index contributed by atoms with van der Waals surface area (Å²) in [6.45, 7) is 3.70. The molecule has 1 aliphatic rings. The number of anilines is 1. The lowest BCUT2D eigenvalue weighted by molar-refractivity contribution is -0.136. The van der Waals surface area contributed by atoms with Gasteiger partial charge in [0, 0.05) is 12.2 Å². The van der Waals surface area contributed by atoms with E-state index < -0.39 is 5.97 Å². The van der Waals surface area contributed by atoms with Crippen LogP contribution in [0.5, 0.6) is 0 Å². The summed E-state index contributed by atoms with van der Waals surface area (Å²) >= 11 is 0. The Morgan fingerprint density at radius 2 is 2.24 bits per heavy atom. The van der Waals surface area contributed by atoms with E-state index in [0.29, 0.717) is 17.8 Å². The Bertz CT molecular complexity index is 522. The summed E-state index contributed by atoms with van der Waals surface area (Å²) in [5.74, 6) is -0.857. The van der Waals surface area contributed by atoms with Gasteiger partial charge in [0.05, 0.1) is 11.8 Å². The van der Waals surface area contributed by atoms with Crippen molar-refractivity contribution in [3.05, 3.63) is 29.8 Å². The van der Waals surface area contributed by atoms with Crippen molar-refractivity contribution >= 4 is 17.6 Å². The van der Waals surface area contributed by atoms with Gasteiger partial charge >= 0.3 is 5.97 Å². The average molecular weight is 290 g/mol. The highest BCUT2D eigenvalue weighted by atomic mass is 16.4. The highest BCUT2D eigenvalue weighted by molar-refractivity contribution is 5.95. The quantitative estimate of drug-likeness (QED) is 0.775. The molecule has 0 spiro atoms. The molecule has 1 aliphatic heterocycles. The van der Waals surface area contributed by atoms with Crippen LogP contribution in [0.4, 0.5) is 5.69 Å². The van der Waals surface area contributed by atoms with E-state index in [1.165, 1.54) is 0 Å². The van der Waals surface area contributed by atoms with Crippen molar-refractivity contribution in [3.63, 3.8) is 0 Å². The second-order valence-corrected chi connectivity index (χ2v) is 5.64. The predicted molar refractivity (Wildman–Crippen MR) is 81.2 cm³/mol. The van der Waals surface area contributed by atoms with E-state index in [-0.39, 0.29) is 17.7 Å². The summed E-state index contributed by atoms with van der Waals surface area (Å²) < 4.78 is 0. The van der Waals surface area contributed by atoms with Gasteiger partial charge in [-0.15, -0.1) is 0 Å². The molecule has 2 rings (SSSR count). The highest BCUT2D eigenvalue weighted by Crippen LogP contribution is 2.31. The van der Waals surface area contributed by atoms with Crippen LogP contribution in [-0.2, 0) is 16.0 Å². The second-order valence-electron chi connectivity index (χ2n) is 5.64. The first-order chi connectivity index (χ1) is 10.1. The number of aliphatic carboxylic acids is 1. The SMILES string of the molecule is CCC1(C(=O)Nc2cccc(CC(=O)O)c2)CCCNC1. The number of hydrogen-bond acceptors (Lipinski definition) is 3. The number of rotatable bonds is 5. The molecule has 0 aromatic heterocycles. The molecule has 0 aliphatic carbocycles. The number of nitrogens with one attached hydrogen (secondary N) is 2. The largest absolute Gasteiger partial charge is 0.481 e. The Hall–Kier alpha value is -1.88. The molecule has 5 nitrogen and oxygen atoms in total. The first-order valence-corrected chi connectivity index (χ1v) is 7.39. The summed E-state index contributed by atoms with van der Waals surface area (Å²) in [5.41, 5.74) is 0.992. The van der Waals surface area contributed by atoms with Crippen LogP contribution in [0, 0.1) is 5.41 Å². The van der Waals surface area contributed by atoms with Crippen molar-refractivity contribution in [1.29, 1.82) is 0 Å². The molecule has 0 radical (unpaired) electrons. The molecule has 1 heterocycles. The third kappa shape index (κ3) is 3.82. The van der Waals surface area contributed by atoms with Gasteiger partial charge < -0.3 is 15.7 Å². The molecular weight excluding hydrogens is 268 g/mol. The molecule has 1 unspecified atom stereocenters. The fourth-order valence-corrected chi connectivity index (χ4v) is 2.82. The van der Waals surface area contributed by atoms with Crippen LogP contribution in [0.1, 0.15) is 31.7 Å². The number of carbonyl (C=O) groups is 2. The minimum absolute atomic E-state index is 0.0182. The Morgan fingerprint density at radius 3 is 2.86 bits per heavy atom. The number of carboxylic acid groups (broad SMARTS) is 1. The molecule has 21 heavy (non-hydrogen) atoms. The smallest absolute Gasteiger partial charge is 0.307 e. The van der Waals surface area contributed by atoms with Gasteiger partial charge in [-0.3, -0.25) is 9.59 Å². The summed E-state index contributed by atoms with van der Waals surface area (Å²) in [4.78, 5) is 23.3. The van der Waals surface area contributed by atoms with E-state index in [0.717, 1.165) is 25.8 Å². The lowest BCUT2D eigenvalue weighted by atomic mass is 9.77. The lowest BCUT2D eigenvalue weighted by Crippen LogP contribution is -2.47. The van der Waals surface area contributed by atoms with Gasteiger partial charge in [-0.1, -0.05) is 19.1 Å². The molecular formula is C16H22N2O3. The van der Waals surface area contributed by atoms with Gasteiger partial charge in [0.15, 0.2) is 0 Å². The molecule has 5 heteroatoms. The fourth-order valence-electron chi connectivity index (χ4n) is 2.82. The van der Waals surface area contributed by atoms with Crippen molar-refractivity contribution in [3.8, 4) is 0 Å². The normalized spacial score (nSPS) is 21.8. The number of piperidine rings is 1. The maximum atomic E-state index is 12.6. The number of carbonyl (C=O) groups excluding carboxylic acids is 1. The summed E-state index contributed by atoms with van der Waals surface area (Å²) in [7, 11) is 0. The van der Waals surface area contributed by atoms with E-state index in [1.807, 2.05) is 6.92 Å². The van der Waals surface area contributed by atoms with E-state index in [9.17, 15) is 9.59 Å². The maximum absolute atomic E-state index is 12.6. The third-order valence-electron chi connectivity index (χ3n) is 4.17. The topological polar surface area (TPSA) is 78.4 Å². The Morgan fingerprint density at radius 1 is 1.43 bits per heavy atom. The summed E-state index contributed by atoms with van der Waals surface area (Å²) in [6.07, 6.45) is 2.64. The van der Waals surface area contributed by atoms with Crippen LogP contribution in [-0.4, -0.2) is 30.1 Å². The second kappa shape index (κ2) is 6.72. The van der Waals surface area contributed by atoms with Crippen molar-refractivity contribution < 1.29 is 14.7 Å². The number of benzene rings is 1. The number of amides is 1. The Labute approximate surface area is 124 Å². The molecule has 1 fully saturated rings. The molecule has 3 N–H and O–H groups in total. The van der Waals surface area contributed by atoms with Gasteiger partial charge in [0.1, 0.15) is 0 Å². The summed E-state index contributed by atoms with van der Waals surface area (Å²) in [5, 5.41) is 15.1. The minimum Gasteiger partial charge on any atom is -0.481 e. The van der Waals surface area contributed by atoms with E-state index in [1.54, 1.807) is 24.3 Å². The molecule has 1 aromatic carbocycles. The van der Waals surface area contributed by atoms with Crippen LogP contribution < -0.4 is 10.6 Å². The zero-order chi connectivity index (χ0) is 15.3. The molecule has 0 saturated carbocycles. The minimum atomic E-state index is -0.875. The Kier molecular flexibility index (Phi) is 4.96. The van der Waals surface area contributed by atoms with Crippen LogP contribution in [0.25, 0.3) is 0 Å². The molecule has 114 valence electrons. The van der Waals surface area contributed by atoms with Crippen LogP contribution in [0.2, 0.25) is 0 Å². The first kappa shape index (κ1) is 15.5.